The number of carbonyl (C=O) groups excluding carboxylic acids is 1. The summed E-state index contributed by atoms with van der Waals surface area (Å²) in [4.78, 5) is 24.6. The van der Waals surface area contributed by atoms with E-state index in [1.807, 2.05) is 12.1 Å². The molecule has 2 N–H and O–H groups in total. The number of furan rings is 1. The maximum absolute atomic E-state index is 13.2. The summed E-state index contributed by atoms with van der Waals surface area (Å²) in [5.74, 6) is -0.103. The molecule has 2 aromatic rings. The molecule has 206 valence electrons. The first kappa shape index (κ1) is 30.6. The van der Waals surface area contributed by atoms with Crippen molar-refractivity contribution in [3.05, 3.63) is 47.9 Å². The molecule has 1 aromatic heterocycles. The third-order valence-corrected chi connectivity index (χ3v) is 24.0. The van der Waals surface area contributed by atoms with Crippen LogP contribution in [0.2, 0.25) is 13.3 Å². The van der Waals surface area contributed by atoms with E-state index in [0.29, 0.717) is 5.76 Å². The number of hydrogen-bond donors (Lipinski definition) is 2. The average molecular weight is 646 g/mol. The number of likely N-dealkylation sites (N-methyl/N-ethyl adjacent to an activating group) is 1. The van der Waals surface area contributed by atoms with Crippen molar-refractivity contribution < 1.29 is 23.6 Å². The molecule has 1 aliphatic rings. The monoisotopic (exact) mass is 647 g/mol. The van der Waals surface area contributed by atoms with E-state index in [2.05, 4.69) is 50.4 Å². The molecule has 1 fully saturated rings. The summed E-state index contributed by atoms with van der Waals surface area (Å²) in [7, 11) is 0. The molecule has 0 spiro atoms. The molecule has 8 heteroatoms. The fraction of sp³-hybridized carbons (Fsp3) is 0.500. The predicted molar refractivity (Wildman–Crippen MR) is 161 cm³/mol. The number of quaternary nitrogens is 1. The van der Waals surface area contributed by atoms with Crippen molar-refractivity contribution in [2.24, 2.45) is 0 Å². The fourth-order valence-corrected chi connectivity index (χ4v) is 22.0. The van der Waals surface area contributed by atoms with Gasteiger partial charge in [-0.15, -0.1) is 0 Å². The van der Waals surface area contributed by atoms with Crippen molar-refractivity contribution in [3.63, 3.8) is 0 Å². The first-order valence-electron chi connectivity index (χ1n) is 14.1. The summed E-state index contributed by atoms with van der Waals surface area (Å²) in [5, 5.41) is 12.5. The van der Waals surface area contributed by atoms with Gasteiger partial charge in [0.2, 0.25) is 0 Å². The van der Waals surface area contributed by atoms with Crippen LogP contribution in [0.5, 0.6) is 0 Å². The van der Waals surface area contributed by atoms with E-state index in [4.69, 9.17) is 16.6 Å². The molecule has 0 bridgehead atoms. The second-order valence-electron chi connectivity index (χ2n) is 10.5. The topological polar surface area (TPSA) is 79.5 Å². The maximum atomic E-state index is 13.2. The Morgan fingerprint density at radius 3 is 2.21 bits per heavy atom. The summed E-state index contributed by atoms with van der Waals surface area (Å²) < 4.78 is 11.6. The van der Waals surface area contributed by atoms with Crippen molar-refractivity contribution in [1.29, 1.82) is 0 Å². The van der Waals surface area contributed by atoms with E-state index >= 15 is 0 Å². The van der Waals surface area contributed by atoms with Gasteiger partial charge >= 0.3 is 228 Å². The Balaban J connectivity index is 1.92. The molecule has 1 aliphatic heterocycles. The molecular weight excluding hydrogens is 603 g/mol. The number of rotatable bonds is 15. The van der Waals surface area contributed by atoms with Gasteiger partial charge in [-0.25, -0.2) is 4.79 Å². The number of carboxylic acids is 1. The fourth-order valence-electron chi connectivity index (χ4n) is 5.55. The van der Waals surface area contributed by atoms with Gasteiger partial charge in [-0.2, -0.15) is 0 Å². The van der Waals surface area contributed by atoms with E-state index in [1.54, 1.807) is 16.6 Å². The number of benzene rings is 1. The van der Waals surface area contributed by atoms with Crippen LogP contribution in [0.1, 0.15) is 72.0 Å². The summed E-state index contributed by atoms with van der Waals surface area (Å²) in [6.07, 6.45) is 9.31. The molecule has 0 aliphatic carbocycles. The van der Waals surface area contributed by atoms with Crippen LogP contribution in [0.25, 0.3) is 17.4 Å². The molecule has 38 heavy (non-hydrogen) atoms. The SMILES string of the molecule is CCC[CH2][Sn]([CH2]CCC)([CH2]CCC)[c]1cccc(-c2ccc(C=C3NC(=S)[N+](CC)(CC(=O)O)C3=O)o2)c1. The first-order chi connectivity index (χ1) is 18.2. The van der Waals surface area contributed by atoms with Gasteiger partial charge < -0.3 is 5.11 Å². The molecule has 6 nitrogen and oxygen atoms in total. The molecule has 1 amide bonds. The van der Waals surface area contributed by atoms with Gasteiger partial charge in [0.15, 0.2) is 0 Å². The third-order valence-electron chi connectivity index (χ3n) is 7.89. The van der Waals surface area contributed by atoms with E-state index in [1.165, 1.54) is 51.8 Å². The molecule has 3 rings (SSSR count). The average Bonchev–Trinajstić information content (AvgIpc) is 3.47. The van der Waals surface area contributed by atoms with Crippen LogP contribution >= 0.6 is 12.2 Å². The summed E-state index contributed by atoms with van der Waals surface area (Å²) in [6.45, 7) is 8.55. The van der Waals surface area contributed by atoms with Crippen LogP contribution < -0.4 is 8.90 Å². The molecule has 1 aromatic carbocycles. The molecule has 0 radical (unpaired) electrons. The number of unbranched alkanes of at least 4 members (excludes halogenated alkanes) is 3. The molecular formula is C30H43N2O4SSn+. The molecule has 1 saturated heterocycles. The Bertz CT molecular complexity index is 1150. The van der Waals surface area contributed by atoms with Crippen LogP contribution in [0.15, 0.2) is 46.5 Å². The van der Waals surface area contributed by atoms with Gasteiger partial charge in [-0.05, 0) is 0 Å². The number of thiocarbonyl (C=S) groups is 1. The number of hydrogen-bond acceptors (Lipinski definition) is 4. The first-order valence-corrected chi connectivity index (χ1v) is 22.0. The molecule has 1 atom stereocenters. The zero-order valence-electron chi connectivity index (χ0n) is 23.3. The molecule has 0 saturated carbocycles. The summed E-state index contributed by atoms with van der Waals surface area (Å²) in [5.41, 5.74) is 1.34. The second-order valence-corrected chi connectivity index (χ2v) is 24.1. The number of nitrogens with zero attached hydrogens (tertiary/aromatic N) is 1. The summed E-state index contributed by atoms with van der Waals surface area (Å²) in [6, 6.07) is 12.8. The Labute approximate surface area is 236 Å². The predicted octanol–water partition coefficient (Wildman–Crippen LogP) is 6.68. The minimum absolute atomic E-state index is 0.209. The zero-order valence-corrected chi connectivity index (χ0v) is 27.0. The van der Waals surface area contributed by atoms with Gasteiger partial charge in [0.25, 0.3) is 0 Å². The van der Waals surface area contributed by atoms with Crippen LogP contribution in [-0.4, -0.2) is 58.0 Å². The van der Waals surface area contributed by atoms with Gasteiger partial charge in [0, 0.05) is 0 Å². The van der Waals surface area contributed by atoms with Gasteiger partial charge in [0.05, 0.1) is 0 Å². The number of carboxylic acid groups (broad SMARTS) is 1. The van der Waals surface area contributed by atoms with Gasteiger partial charge in [0.1, 0.15) is 0 Å². The van der Waals surface area contributed by atoms with Crippen LogP contribution in [0, 0.1) is 0 Å². The van der Waals surface area contributed by atoms with Crippen molar-refractivity contribution >= 4 is 57.2 Å². The Kier molecular flexibility index (Phi) is 11.2. The normalized spacial score (nSPS) is 18.8. The van der Waals surface area contributed by atoms with E-state index in [-0.39, 0.29) is 29.8 Å². The molecule has 1 unspecified atom stereocenters. The van der Waals surface area contributed by atoms with Gasteiger partial charge in [-0.3, -0.25) is 0 Å². The quantitative estimate of drug-likeness (QED) is 0.0974. The van der Waals surface area contributed by atoms with Crippen molar-refractivity contribution in [1.82, 2.24) is 5.32 Å². The van der Waals surface area contributed by atoms with E-state index in [9.17, 15) is 14.7 Å². The number of aliphatic carboxylic acids is 1. The molecule has 2 heterocycles. The Morgan fingerprint density at radius 1 is 1.03 bits per heavy atom. The summed E-state index contributed by atoms with van der Waals surface area (Å²) >= 11 is 2.80. The van der Waals surface area contributed by atoms with E-state index in [0.717, 1.165) is 11.3 Å². The number of amides is 1. The Morgan fingerprint density at radius 2 is 1.66 bits per heavy atom. The van der Waals surface area contributed by atoms with Crippen molar-refractivity contribution in [2.45, 2.75) is 79.5 Å². The van der Waals surface area contributed by atoms with Gasteiger partial charge in [-0.1, -0.05) is 0 Å². The van der Waals surface area contributed by atoms with Crippen LogP contribution in [0.4, 0.5) is 0 Å². The van der Waals surface area contributed by atoms with Crippen LogP contribution in [-0.2, 0) is 9.59 Å². The third kappa shape index (κ3) is 6.77. The van der Waals surface area contributed by atoms with Crippen molar-refractivity contribution in [2.75, 3.05) is 13.1 Å². The standard InChI is InChI=1S/C18H15N2O4S.3C4H9.Sn/c1-2-20(11-16(21)22)17(23)14(19-18(20)25)10-13-8-9-15(24-13)12-6-4-3-5-7-12;3*1-3-4-2;/h3-4,6-10H,2,11H2,1H3,(H-,19,21,22,25);3*1,3-4H2,2H3;/p+1. The van der Waals surface area contributed by atoms with E-state index < -0.39 is 28.8 Å². The second kappa shape index (κ2) is 13.9. The zero-order chi connectivity index (χ0) is 27.8. The number of nitrogens with one attached hydrogen (secondary N) is 1. The Hall–Kier alpha value is -1.97. The van der Waals surface area contributed by atoms with Crippen molar-refractivity contribution in [3.8, 4) is 11.3 Å². The minimum atomic E-state index is -2.58. The van der Waals surface area contributed by atoms with Crippen LogP contribution in [0.3, 0.4) is 0 Å². The number of carbonyl (C=O) groups is 2.